The predicted octanol–water partition coefficient (Wildman–Crippen LogP) is 2.60. The number of urea groups is 1. The fourth-order valence-electron chi connectivity index (χ4n) is 2.57. The van der Waals surface area contributed by atoms with E-state index in [1.165, 1.54) is 16.3 Å². The smallest absolute Gasteiger partial charge is 0.314 e. The molecule has 0 saturated heterocycles. The molecule has 2 aromatic rings. The van der Waals surface area contributed by atoms with Crippen molar-refractivity contribution in [1.82, 2.24) is 16.0 Å². The molecule has 0 aromatic heterocycles. The summed E-state index contributed by atoms with van der Waals surface area (Å²) in [5.74, 6) is -0.0546. The number of amides is 3. The highest BCUT2D eigenvalue weighted by atomic mass is 16.2. The Kier molecular flexibility index (Phi) is 6.61. The van der Waals surface area contributed by atoms with Crippen molar-refractivity contribution in [2.24, 2.45) is 0 Å². The van der Waals surface area contributed by atoms with Gasteiger partial charge < -0.3 is 16.0 Å². The lowest BCUT2D eigenvalue weighted by Gasteiger charge is -2.10. The molecule has 5 heteroatoms. The van der Waals surface area contributed by atoms with Gasteiger partial charge in [0.2, 0.25) is 5.91 Å². The van der Waals surface area contributed by atoms with E-state index in [0.717, 1.165) is 6.42 Å². The summed E-state index contributed by atoms with van der Waals surface area (Å²) < 4.78 is 0. The van der Waals surface area contributed by atoms with Gasteiger partial charge in [0.05, 0.1) is 0 Å². The lowest BCUT2D eigenvalue weighted by Crippen LogP contribution is -2.39. The molecule has 0 aliphatic heterocycles. The molecule has 0 spiro atoms. The standard InChI is InChI=1S/C19H25N3O2/c1-14(2)22-18(23)11-13-21-19(24)20-12-10-16-8-5-7-15-6-3-4-9-17(15)16/h3-9,14H,10-13H2,1-2H3,(H,22,23)(H2,20,21,24). The van der Waals surface area contributed by atoms with Crippen LogP contribution in [0.3, 0.4) is 0 Å². The second-order valence-corrected chi connectivity index (χ2v) is 6.04. The van der Waals surface area contributed by atoms with Gasteiger partial charge in [-0.2, -0.15) is 0 Å². The maximum atomic E-state index is 11.7. The Morgan fingerprint density at radius 1 is 0.958 bits per heavy atom. The Labute approximate surface area is 142 Å². The quantitative estimate of drug-likeness (QED) is 0.731. The second-order valence-electron chi connectivity index (χ2n) is 6.04. The minimum Gasteiger partial charge on any atom is -0.354 e. The van der Waals surface area contributed by atoms with Gasteiger partial charge in [0.15, 0.2) is 0 Å². The van der Waals surface area contributed by atoms with Crippen molar-refractivity contribution >= 4 is 22.7 Å². The average molecular weight is 327 g/mol. The highest BCUT2D eigenvalue weighted by Crippen LogP contribution is 2.18. The first-order valence-electron chi connectivity index (χ1n) is 8.34. The summed E-state index contributed by atoms with van der Waals surface area (Å²) in [5, 5.41) is 10.7. The van der Waals surface area contributed by atoms with E-state index in [1.54, 1.807) is 0 Å². The fourth-order valence-corrected chi connectivity index (χ4v) is 2.57. The number of rotatable bonds is 7. The Balaban J connectivity index is 1.72. The lowest BCUT2D eigenvalue weighted by atomic mass is 10.0. The Morgan fingerprint density at radius 2 is 1.67 bits per heavy atom. The van der Waals surface area contributed by atoms with Crippen LogP contribution in [0.2, 0.25) is 0 Å². The van der Waals surface area contributed by atoms with E-state index in [2.05, 4.69) is 40.2 Å². The first-order chi connectivity index (χ1) is 11.6. The molecule has 2 aromatic carbocycles. The topological polar surface area (TPSA) is 70.2 Å². The van der Waals surface area contributed by atoms with E-state index < -0.39 is 0 Å². The number of benzene rings is 2. The van der Waals surface area contributed by atoms with Crippen molar-refractivity contribution < 1.29 is 9.59 Å². The van der Waals surface area contributed by atoms with Crippen molar-refractivity contribution in [2.75, 3.05) is 13.1 Å². The third kappa shape index (κ3) is 5.57. The highest BCUT2D eigenvalue weighted by Gasteiger charge is 2.05. The molecule has 0 aliphatic rings. The molecular weight excluding hydrogens is 302 g/mol. The van der Waals surface area contributed by atoms with E-state index in [-0.39, 0.29) is 24.4 Å². The molecule has 0 atom stereocenters. The third-order valence-corrected chi connectivity index (χ3v) is 3.65. The van der Waals surface area contributed by atoms with Crippen molar-refractivity contribution in [1.29, 1.82) is 0 Å². The van der Waals surface area contributed by atoms with Crippen LogP contribution in [0, 0.1) is 0 Å². The molecule has 3 N–H and O–H groups in total. The van der Waals surface area contributed by atoms with Crippen molar-refractivity contribution in [3.63, 3.8) is 0 Å². The monoisotopic (exact) mass is 327 g/mol. The van der Waals surface area contributed by atoms with Crippen LogP contribution in [0.5, 0.6) is 0 Å². The summed E-state index contributed by atoms with van der Waals surface area (Å²) in [6.07, 6.45) is 1.05. The fraction of sp³-hybridized carbons (Fsp3) is 0.368. The number of hydrogen-bond acceptors (Lipinski definition) is 2. The number of fused-ring (bicyclic) bond motifs is 1. The largest absolute Gasteiger partial charge is 0.354 e. The summed E-state index contributed by atoms with van der Waals surface area (Å²) in [4.78, 5) is 23.2. The molecular formula is C19H25N3O2. The SMILES string of the molecule is CC(C)NC(=O)CCNC(=O)NCCc1cccc2ccccc12. The molecule has 0 radical (unpaired) electrons. The van der Waals surface area contributed by atoms with Gasteiger partial charge in [-0.05, 0) is 36.6 Å². The van der Waals surface area contributed by atoms with Crippen LogP contribution in [-0.2, 0) is 11.2 Å². The zero-order chi connectivity index (χ0) is 17.4. The first-order valence-corrected chi connectivity index (χ1v) is 8.34. The molecule has 128 valence electrons. The number of carbonyl (C=O) groups is 2. The van der Waals surface area contributed by atoms with Gasteiger partial charge in [-0.15, -0.1) is 0 Å². The molecule has 0 aliphatic carbocycles. The van der Waals surface area contributed by atoms with E-state index in [4.69, 9.17) is 0 Å². The zero-order valence-corrected chi connectivity index (χ0v) is 14.3. The summed E-state index contributed by atoms with van der Waals surface area (Å²) >= 11 is 0. The van der Waals surface area contributed by atoms with E-state index in [1.807, 2.05) is 32.0 Å². The summed E-state index contributed by atoms with van der Waals surface area (Å²) in [5.41, 5.74) is 1.21. The molecule has 0 unspecified atom stereocenters. The molecule has 0 saturated carbocycles. The molecule has 0 fully saturated rings. The Bertz CT molecular complexity index is 693. The average Bonchev–Trinajstić information content (AvgIpc) is 2.54. The van der Waals surface area contributed by atoms with E-state index >= 15 is 0 Å². The second kappa shape index (κ2) is 8.91. The minimum absolute atomic E-state index is 0.0546. The van der Waals surface area contributed by atoms with Crippen LogP contribution >= 0.6 is 0 Å². The van der Waals surface area contributed by atoms with Crippen molar-refractivity contribution in [2.45, 2.75) is 32.7 Å². The molecule has 24 heavy (non-hydrogen) atoms. The molecule has 5 nitrogen and oxygen atoms in total. The first kappa shape index (κ1) is 17.8. The number of carbonyl (C=O) groups excluding carboxylic acids is 2. The number of nitrogens with one attached hydrogen (secondary N) is 3. The Hall–Kier alpha value is -2.56. The third-order valence-electron chi connectivity index (χ3n) is 3.65. The van der Waals surface area contributed by atoms with Crippen molar-refractivity contribution in [3.05, 3.63) is 48.0 Å². The van der Waals surface area contributed by atoms with Crippen LogP contribution < -0.4 is 16.0 Å². The lowest BCUT2D eigenvalue weighted by molar-refractivity contribution is -0.121. The van der Waals surface area contributed by atoms with Crippen LogP contribution in [0.15, 0.2) is 42.5 Å². The van der Waals surface area contributed by atoms with Gasteiger partial charge in [0.25, 0.3) is 0 Å². The highest BCUT2D eigenvalue weighted by molar-refractivity contribution is 5.85. The van der Waals surface area contributed by atoms with Crippen LogP contribution in [0.1, 0.15) is 25.8 Å². The maximum absolute atomic E-state index is 11.7. The van der Waals surface area contributed by atoms with Gasteiger partial charge in [-0.3, -0.25) is 4.79 Å². The molecule has 2 rings (SSSR count). The summed E-state index contributed by atoms with van der Waals surface area (Å²) in [6, 6.07) is 14.3. The molecule has 0 heterocycles. The maximum Gasteiger partial charge on any atom is 0.314 e. The van der Waals surface area contributed by atoms with Gasteiger partial charge in [0.1, 0.15) is 0 Å². The zero-order valence-electron chi connectivity index (χ0n) is 14.3. The van der Waals surface area contributed by atoms with E-state index in [0.29, 0.717) is 13.1 Å². The van der Waals surface area contributed by atoms with Gasteiger partial charge in [0, 0.05) is 25.6 Å². The minimum atomic E-state index is -0.243. The summed E-state index contributed by atoms with van der Waals surface area (Å²) in [6.45, 7) is 4.70. The van der Waals surface area contributed by atoms with Gasteiger partial charge in [-0.25, -0.2) is 4.79 Å². The normalized spacial score (nSPS) is 10.6. The van der Waals surface area contributed by atoms with Crippen LogP contribution in [0.25, 0.3) is 10.8 Å². The van der Waals surface area contributed by atoms with E-state index in [9.17, 15) is 9.59 Å². The van der Waals surface area contributed by atoms with Gasteiger partial charge in [-0.1, -0.05) is 42.5 Å². The van der Waals surface area contributed by atoms with Crippen molar-refractivity contribution in [3.8, 4) is 0 Å². The molecule has 0 bridgehead atoms. The van der Waals surface area contributed by atoms with Crippen LogP contribution in [-0.4, -0.2) is 31.1 Å². The van der Waals surface area contributed by atoms with Crippen LogP contribution in [0.4, 0.5) is 4.79 Å². The predicted molar refractivity (Wildman–Crippen MR) is 96.9 cm³/mol. The Morgan fingerprint density at radius 3 is 2.46 bits per heavy atom. The molecule has 3 amide bonds. The van der Waals surface area contributed by atoms with Gasteiger partial charge >= 0.3 is 6.03 Å². The number of hydrogen-bond donors (Lipinski definition) is 3. The summed E-state index contributed by atoms with van der Waals surface area (Å²) in [7, 11) is 0.